The molecule has 1 aliphatic heterocycles. The molecule has 0 bridgehead atoms. The topological polar surface area (TPSA) is 70.7 Å². The molecule has 0 atom stereocenters. The Bertz CT molecular complexity index is 1110. The second-order valence-corrected chi connectivity index (χ2v) is 6.89. The molecular weight excluding hydrogens is 439 g/mol. The molecule has 2 heterocycles. The summed E-state index contributed by atoms with van der Waals surface area (Å²) in [7, 11) is 1.11. The standard InChI is InChI=1S/C17H8ClF5N4OS/c1-27-15(18)12(14(26-27)17(21,22)23)13(28)7(5-24)16-25-10(6-29-16)11-8(19)3-2-4-9(11)20/h2-4,6,25H,1H3/b16-7+. The van der Waals surface area contributed by atoms with E-state index >= 15 is 0 Å². The van der Waals surface area contributed by atoms with E-state index in [2.05, 4.69) is 10.4 Å². The molecule has 1 aromatic carbocycles. The molecule has 1 N–H and O–H groups in total. The first-order chi connectivity index (χ1) is 13.6. The largest absolute Gasteiger partial charge is 0.435 e. The molecule has 2 aromatic rings. The lowest BCUT2D eigenvalue weighted by Gasteiger charge is -2.09. The minimum atomic E-state index is -4.99. The Kier molecular flexibility index (Phi) is 5.42. The first kappa shape index (κ1) is 20.9. The number of allylic oxidation sites excluding steroid dienone is 1. The van der Waals surface area contributed by atoms with Crippen molar-refractivity contribution in [3.63, 3.8) is 0 Å². The van der Waals surface area contributed by atoms with E-state index in [0.717, 1.165) is 37.0 Å². The van der Waals surface area contributed by atoms with Crippen molar-refractivity contribution in [2.75, 3.05) is 0 Å². The molecule has 29 heavy (non-hydrogen) atoms. The van der Waals surface area contributed by atoms with Gasteiger partial charge in [-0.05, 0) is 12.1 Å². The zero-order chi connectivity index (χ0) is 21.5. The van der Waals surface area contributed by atoms with Crippen molar-refractivity contribution in [2.24, 2.45) is 7.05 Å². The first-order valence-corrected chi connectivity index (χ1v) is 8.89. The third kappa shape index (κ3) is 3.73. The zero-order valence-electron chi connectivity index (χ0n) is 14.2. The fraction of sp³-hybridized carbons (Fsp3) is 0.118. The van der Waals surface area contributed by atoms with Gasteiger partial charge in [-0.1, -0.05) is 29.4 Å². The van der Waals surface area contributed by atoms with Gasteiger partial charge < -0.3 is 5.32 Å². The average molecular weight is 447 g/mol. The number of hydrogen-bond donors (Lipinski definition) is 1. The van der Waals surface area contributed by atoms with Gasteiger partial charge in [-0.25, -0.2) is 8.78 Å². The van der Waals surface area contributed by atoms with Crippen LogP contribution in [0.2, 0.25) is 5.15 Å². The van der Waals surface area contributed by atoms with Crippen LogP contribution in [0.5, 0.6) is 0 Å². The summed E-state index contributed by atoms with van der Waals surface area (Å²) in [6.07, 6.45) is -4.99. The molecule has 0 unspecified atom stereocenters. The highest BCUT2D eigenvalue weighted by Gasteiger charge is 2.42. The number of nitriles is 1. The molecule has 150 valence electrons. The summed E-state index contributed by atoms with van der Waals surface area (Å²) in [4.78, 5) is 12.7. The summed E-state index contributed by atoms with van der Waals surface area (Å²) < 4.78 is 68.2. The number of nitrogens with zero attached hydrogens (tertiary/aromatic N) is 3. The van der Waals surface area contributed by atoms with Crippen LogP contribution in [0.3, 0.4) is 0 Å². The fourth-order valence-electron chi connectivity index (χ4n) is 2.53. The maximum absolute atomic E-state index is 13.9. The molecular formula is C17H8ClF5N4OS. The first-order valence-electron chi connectivity index (χ1n) is 7.63. The van der Waals surface area contributed by atoms with E-state index in [-0.39, 0.29) is 10.7 Å². The summed E-state index contributed by atoms with van der Waals surface area (Å²) >= 11 is 6.52. The predicted octanol–water partition coefficient (Wildman–Crippen LogP) is 4.62. The van der Waals surface area contributed by atoms with Gasteiger partial charge in [-0.2, -0.15) is 23.5 Å². The third-order valence-corrected chi connectivity index (χ3v) is 5.14. The highest BCUT2D eigenvalue weighted by Crippen LogP contribution is 2.38. The number of carbonyl (C=O) groups excluding carboxylic acids is 1. The van der Waals surface area contributed by atoms with Gasteiger partial charge in [-0.15, -0.1) is 0 Å². The van der Waals surface area contributed by atoms with E-state index in [1.54, 1.807) is 0 Å². The lowest BCUT2D eigenvalue weighted by Crippen LogP contribution is -2.17. The Morgan fingerprint density at radius 3 is 2.48 bits per heavy atom. The Balaban J connectivity index is 2.04. The van der Waals surface area contributed by atoms with Crippen LogP contribution in [-0.4, -0.2) is 15.6 Å². The summed E-state index contributed by atoms with van der Waals surface area (Å²) in [5, 5.41) is 15.5. The minimum Gasteiger partial charge on any atom is -0.348 e. The monoisotopic (exact) mass is 446 g/mol. The minimum absolute atomic E-state index is 0.0884. The lowest BCUT2D eigenvalue weighted by atomic mass is 10.1. The SMILES string of the molecule is Cn1nc(C(F)(F)F)c(C(=O)/C(C#N)=C2\NC(c3c(F)cccc3F)=CS2)c1Cl. The van der Waals surface area contributed by atoms with E-state index in [4.69, 9.17) is 11.6 Å². The summed E-state index contributed by atoms with van der Waals surface area (Å²) in [6, 6.07) is 4.69. The van der Waals surface area contributed by atoms with Gasteiger partial charge >= 0.3 is 6.18 Å². The fourth-order valence-corrected chi connectivity index (χ4v) is 3.58. The second-order valence-electron chi connectivity index (χ2n) is 5.65. The number of carbonyl (C=O) groups is 1. The van der Waals surface area contributed by atoms with Crippen LogP contribution >= 0.6 is 23.4 Å². The number of aromatic nitrogens is 2. The van der Waals surface area contributed by atoms with Crippen molar-refractivity contribution in [3.05, 3.63) is 67.8 Å². The maximum atomic E-state index is 13.9. The molecule has 0 amide bonds. The van der Waals surface area contributed by atoms with Gasteiger partial charge in [0.15, 0.2) is 5.69 Å². The van der Waals surface area contributed by atoms with Gasteiger partial charge in [0.25, 0.3) is 0 Å². The normalized spacial score (nSPS) is 15.6. The van der Waals surface area contributed by atoms with Crippen LogP contribution in [0.15, 0.2) is 34.2 Å². The number of rotatable bonds is 3. The van der Waals surface area contributed by atoms with Crippen LogP contribution in [0, 0.1) is 23.0 Å². The number of Topliss-reactive ketones (excluding diaryl/α,β-unsaturated/α-hetero) is 1. The number of halogens is 6. The molecule has 0 spiro atoms. The lowest BCUT2D eigenvalue weighted by molar-refractivity contribution is -0.141. The van der Waals surface area contributed by atoms with E-state index in [1.807, 2.05) is 0 Å². The third-order valence-electron chi connectivity index (χ3n) is 3.81. The van der Waals surface area contributed by atoms with Crippen molar-refractivity contribution < 1.29 is 26.7 Å². The number of aryl methyl sites for hydroxylation is 1. The zero-order valence-corrected chi connectivity index (χ0v) is 15.8. The molecule has 0 saturated carbocycles. The van der Waals surface area contributed by atoms with Crippen molar-refractivity contribution in [3.8, 4) is 6.07 Å². The van der Waals surface area contributed by atoms with Crippen molar-refractivity contribution in [1.82, 2.24) is 15.1 Å². The summed E-state index contributed by atoms with van der Waals surface area (Å²) in [6.45, 7) is 0. The average Bonchev–Trinajstić information content (AvgIpc) is 3.21. The Morgan fingerprint density at radius 1 is 1.31 bits per heavy atom. The van der Waals surface area contributed by atoms with Crippen LogP contribution in [0.1, 0.15) is 21.6 Å². The predicted molar refractivity (Wildman–Crippen MR) is 95.3 cm³/mol. The molecule has 3 rings (SSSR count). The second kappa shape index (κ2) is 7.53. The van der Waals surface area contributed by atoms with Gasteiger partial charge in [-0.3, -0.25) is 9.48 Å². The molecule has 0 fully saturated rings. The van der Waals surface area contributed by atoms with Crippen molar-refractivity contribution in [2.45, 2.75) is 6.18 Å². The van der Waals surface area contributed by atoms with Crippen molar-refractivity contribution >= 4 is 34.8 Å². The Labute approximate surface area is 169 Å². The molecule has 1 aromatic heterocycles. The van der Waals surface area contributed by atoms with E-state index in [9.17, 15) is 32.0 Å². The number of benzene rings is 1. The molecule has 0 saturated heterocycles. The quantitative estimate of drug-likeness (QED) is 0.322. The van der Waals surface area contributed by atoms with E-state index in [0.29, 0.717) is 4.68 Å². The van der Waals surface area contributed by atoms with Gasteiger partial charge in [0, 0.05) is 12.5 Å². The summed E-state index contributed by atoms with van der Waals surface area (Å²) in [5.74, 6) is -3.12. The number of nitrogens with one attached hydrogen (secondary N) is 1. The van der Waals surface area contributed by atoms with Gasteiger partial charge in [0.1, 0.15) is 28.4 Å². The number of alkyl halides is 3. The molecule has 1 aliphatic rings. The highest BCUT2D eigenvalue weighted by molar-refractivity contribution is 8.06. The Morgan fingerprint density at radius 2 is 1.93 bits per heavy atom. The number of ketones is 1. The van der Waals surface area contributed by atoms with Crippen LogP contribution in [0.4, 0.5) is 22.0 Å². The smallest absolute Gasteiger partial charge is 0.348 e. The number of thioether (sulfide) groups is 1. The molecule has 0 radical (unpaired) electrons. The van der Waals surface area contributed by atoms with E-state index < -0.39 is 51.1 Å². The molecule has 0 aliphatic carbocycles. The van der Waals surface area contributed by atoms with Gasteiger partial charge in [0.2, 0.25) is 5.78 Å². The van der Waals surface area contributed by atoms with E-state index in [1.165, 1.54) is 11.5 Å². The van der Waals surface area contributed by atoms with Crippen LogP contribution < -0.4 is 5.32 Å². The maximum Gasteiger partial charge on any atom is 0.435 e. The molecule has 5 nitrogen and oxygen atoms in total. The van der Waals surface area contributed by atoms with Crippen LogP contribution in [-0.2, 0) is 13.2 Å². The number of hydrogen-bond acceptors (Lipinski definition) is 5. The van der Waals surface area contributed by atoms with Crippen molar-refractivity contribution in [1.29, 1.82) is 5.26 Å². The summed E-state index contributed by atoms with van der Waals surface area (Å²) in [5.41, 5.74) is -3.76. The Hall–Kier alpha value is -2.84. The molecule has 12 heteroatoms. The highest BCUT2D eigenvalue weighted by atomic mass is 35.5. The van der Waals surface area contributed by atoms with Gasteiger partial charge in [0.05, 0.1) is 21.9 Å². The van der Waals surface area contributed by atoms with Crippen LogP contribution in [0.25, 0.3) is 5.70 Å².